The first-order valence-corrected chi connectivity index (χ1v) is 0.612. The van der Waals surface area contributed by atoms with E-state index in [1.54, 1.807) is 0 Å². The molecule has 8 heavy (non-hydrogen) atoms. The van der Waals surface area contributed by atoms with E-state index in [4.69, 9.17) is 15.0 Å². The van der Waals surface area contributed by atoms with Gasteiger partial charge in [-0.25, -0.2) is 0 Å². The number of hydrogen-bond donors (Lipinski definition) is 0. The maximum absolute atomic E-state index is 8.33. The quantitative estimate of drug-likeness (QED) is 0.486. The molecule has 0 unspecified atom stereocenters. The summed E-state index contributed by atoms with van der Waals surface area (Å²) in [5.74, 6) is 0. The Bertz CT molecular complexity index is 38.3. The molecule has 0 radical (unpaired) electrons. The van der Waals surface area contributed by atoms with E-state index in [2.05, 4.69) is 0 Å². The Morgan fingerprint density at radius 1 is 1.00 bits per heavy atom. The van der Waals surface area contributed by atoms with Gasteiger partial charge in [0.25, 0.3) is 0 Å². The van der Waals surface area contributed by atoms with Crippen LogP contribution in [0.4, 0.5) is 4.79 Å². The summed E-state index contributed by atoms with van der Waals surface area (Å²) in [6.45, 7) is 0. The molecule has 0 saturated carbocycles. The van der Waals surface area contributed by atoms with Crippen LogP contribution in [0.2, 0.25) is 0 Å². The first kappa shape index (κ1) is 39.5. The van der Waals surface area contributed by atoms with E-state index in [-0.39, 0.29) is 51.3 Å². The van der Waals surface area contributed by atoms with E-state index in [9.17, 15) is 0 Å². The maximum atomic E-state index is 8.33. The summed E-state index contributed by atoms with van der Waals surface area (Å²) in [5, 5.41) is 16.7. The summed E-state index contributed by atoms with van der Waals surface area (Å²) in [6, 6.07) is 0. The Hall–Kier alpha value is 0.437. The molecule has 7 heteroatoms. The van der Waals surface area contributed by atoms with Crippen molar-refractivity contribution in [1.29, 1.82) is 0 Å². The first-order valence-electron chi connectivity index (χ1n) is 0.612. The monoisotopic (exact) mass is 220 g/mol. The average molecular weight is 223 g/mol. The third-order valence-corrected chi connectivity index (χ3v) is 0. The Kier molecular flexibility index (Phi) is 129. The van der Waals surface area contributed by atoms with Crippen molar-refractivity contribution in [1.82, 2.24) is 0 Å². The molecule has 0 aromatic carbocycles. The molecule has 40 valence electrons. The first-order chi connectivity index (χ1) is 1.73. The number of nitrogens with two attached hydrogens (primary N) is 2. The molecule has 0 rings (SSSR count). The molecular formula is CH4N2O3Zn2. The van der Waals surface area contributed by atoms with E-state index >= 15 is 0 Å². The summed E-state index contributed by atoms with van der Waals surface area (Å²) in [5.41, 5.74) is 0. The van der Waals surface area contributed by atoms with E-state index in [1.165, 1.54) is 0 Å². The molecule has 0 amide bonds. The van der Waals surface area contributed by atoms with E-state index in [1.807, 2.05) is 0 Å². The SMILES string of the molecule is O=C([O-])[O-].[NH2-].[NH2-].[Zn+2].[Zn+2]. The van der Waals surface area contributed by atoms with Crippen molar-refractivity contribution < 1.29 is 54.0 Å². The fourth-order valence-electron chi connectivity index (χ4n) is 0. The van der Waals surface area contributed by atoms with Gasteiger partial charge >= 0.3 is 39.0 Å². The van der Waals surface area contributed by atoms with Gasteiger partial charge in [-0.2, -0.15) is 0 Å². The van der Waals surface area contributed by atoms with E-state index in [0.717, 1.165) is 0 Å². The fourth-order valence-corrected chi connectivity index (χ4v) is 0. The van der Waals surface area contributed by atoms with Crippen molar-refractivity contribution in [3.63, 3.8) is 0 Å². The summed E-state index contributed by atoms with van der Waals surface area (Å²) in [7, 11) is 0. The molecular weight excluding hydrogens is 219 g/mol. The minimum absolute atomic E-state index is 0. The van der Waals surface area contributed by atoms with E-state index in [0.29, 0.717) is 0 Å². The van der Waals surface area contributed by atoms with Gasteiger partial charge in [0.1, 0.15) is 0 Å². The number of carbonyl (C=O) groups is 1. The normalized spacial score (nSPS) is 3.00. The second-order valence-electron chi connectivity index (χ2n) is 0.250. The van der Waals surface area contributed by atoms with Crippen LogP contribution in [0.1, 0.15) is 0 Å². The van der Waals surface area contributed by atoms with Crippen molar-refractivity contribution in [2.45, 2.75) is 0 Å². The summed E-state index contributed by atoms with van der Waals surface area (Å²) in [6.07, 6.45) is -2.33. The van der Waals surface area contributed by atoms with Gasteiger partial charge in [-0.3, -0.25) is 0 Å². The standard InChI is InChI=1S/CH2O3.2H2N.2Zn/c2-1(3)4;;;;/h(H2,2,3,4);2*1H2;;/q;2*-1;2*+2/p-2. The Morgan fingerprint density at radius 2 is 1.00 bits per heavy atom. The van der Waals surface area contributed by atoms with Crippen molar-refractivity contribution in [3.8, 4) is 0 Å². The molecule has 0 aliphatic carbocycles. The van der Waals surface area contributed by atoms with Crippen LogP contribution in [0.3, 0.4) is 0 Å². The van der Waals surface area contributed by atoms with Crippen LogP contribution in [-0.4, -0.2) is 6.16 Å². The van der Waals surface area contributed by atoms with Crippen molar-refractivity contribution in [3.05, 3.63) is 12.3 Å². The second-order valence-corrected chi connectivity index (χ2v) is 0.250. The fraction of sp³-hybridized carbons (Fsp3) is 0. The zero-order valence-corrected chi connectivity index (χ0v) is 10.2. The smallest absolute Gasteiger partial charge is 0.693 e. The molecule has 4 N–H and O–H groups in total. The minimum Gasteiger partial charge on any atom is -0.693 e. The van der Waals surface area contributed by atoms with Crippen LogP contribution in [-0.2, 0) is 39.0 Å². The topological polar surface area (TPSA) is 130 Å². The van der Waals surface area contributed by atoms with Gasteiger partial charge in [0.15, 0.2) is 0 Å². The van der Waals surface area contributed by atoms with Crippen LogP contribution in [0, 0.1) is 0 Å². The van der Waals surface area contributed by atoms with Crippen molar-refractivity contribution >= 4 is 6.16 Å². The summed E-state index contributed by atoms with van der Waals surface area (Å²) >= 11 is 0. The zero-order valence-electron chi connectivity index (χ0n) is 4.29. The van der Waals surface area contributed by atoms with Crippen molar-refractivity contribution in [2.75, 3.05) is 0 Å². The van der Waals surface area contributed by atoms with Crippen LogP contribution >= 0.6 is 0 Å². The zero-order chi connectivity index (χ0) is 3.58. The molecule has 0 aromatic heterocycles. The third-order valence-electron chi connectivity index (χ3n) is 0. The summed E-state index contributed by atoms with van der Waals surface area (Å²) in [4.78, 5) is 8.33. The molecule has 5 nitrogen and oxygen atoms in total. The van der Waals surface area contributed by atoms with Crippen molar-refractivity contribution in [2.24, 2.45) is 0 Å². The van der Waals surface area contributed by atoms with E-state index < -0.39 is 6.16 Å². The largest absolute Gasteiger partial charge is 2.00 e. The van der Waals surface area contributed by atoms with Gasteiger partial charge in [0.2, 0.25) is 0 Å². The van der Waals surface area contributed by atoms with Gasteiger partial charge in [-0.1, -0.05) is 0 Å². The van der Waals surface area contributed by atoms with Gasteiger partial charge in [0.05, 0.1) is 0 Å². The minimum atomic E-state index is -2.33. The molecule has 0 bridgehead atoms. The molecule has 0 heterocycles. The molecule has 0 saturated heterocycles. The van der Waals surface area contributed by atoms with Gasteiger partial charge in [0, 0.05) is 0 Å². The van der Waals surface area contributed by atoms with Crippen LogP contribution < -0.4 is 10.2 Å². The number of carbonyl (C=O) groups excluding carboxylic acids is 1. The Labute approximate surface area is 72.5 Å². The molecule has 0 spiro atoms. The molecule has 0 fully saturated rings. The molecule has 0 aromatic rings. The molecule has 0 aliphatic heterocycles. The maximum Gasteiger partial charge on any atom is 2.00 e. The summed E-state index contributed by atoms with van der Waals surface area (Å²) < 4.78 is 0. The average Bonchev–Trinajstić information content (AvgIpc) is 0.811. The Morgan fingerprint density at radius 3 is 1.00 bits per heavy atom. The van der Waals surface area contributed by atoms with Gasteiger partial charge < -0.3 is 27.3 Å². The number of carboxylic acid groups (broad SMARTS) is 2. The molecule has 0 atom stereocenters. The predicted molar refractivity (Wildman–Crippen MR) is 16.0 cm³/mol. The second kappa shape index (κ2) is 26.1. The van der Waals surface area contributed by atoms with Crippen LogP contribution in [0.15, 0.2) is 0 Å². The molecule has 0 aliphatic rings. The Balaban J connectivity index is -0.00000000750. The van der Waals surface area contributed by atoms with Crippen LogP contribution in [0.5, 0.6) is 0 Å². The van der Waals surface area contributed by atoms with Gasteiger partial charge in [-0.15, -0.1) is 0 Å². The number of hydrogen-bond acceptors (Lipinski definition) is 3. The van der Waals surface area contributed by atoms with Crippen LogP contribution in [0.25, 0.3) is 12.3 Å². The van der Waals surface area contributed by atoms with Gasteiger partial charge in [-0.05, 0) is 6.16 Å². The third kappa shape index (κ3) is 997. The predicted octanol–water partition coefficient (Wildman–Crippen LogP) is -1.02. The number of rotatable bonds is 0.